The van der Waals surface area contributed by atoms with E-state index in [2.05, 4.69) is 252 Å². The highest BCUT2D eigenvalue weighted by Crippen LogP contribution is 2.43. The first-order chi connectivity index (χ1) is 33.2. The molecule has 0 radical (unpaired) electrons. The number of benzene rings is 11. The first kappa shape index (κ1) is 38.5. The summed E-state index contributed by atoms with van der Waals surface area (Å²) in [6.07, 6.45) is 0. The number of rotatable bonds is 8. The molecule has 0 saturated carbocycles. The minimum atomic E-state index is 0.888. The van der Waals surface area contributed by atoms with Crippen LogP contribution in [0.5, 0.6) is 0 Å². The molecule has 0 saturated heterocycles. The van der Waals surface area contributed by atoms with E-state index in [1.165, 1.54) is 60.4 Å². The Morgan fingerprint density at radius 1 is 0.299 bits per heavy atom. The minimum Gasteiger partial charge on any atom is -0.456 e. The quantitative estimate of drug-likeness (QED) is 0.152. The molecule has 0 atom stereocenters. The van der Waals surface area contributed by atoms with Crippen molar-refractivity contribution in [1.29, 1.82) is 0 Å². The molecule has 0 bridgehead atoms. The normalized spacial score (nSPS) is 11.6. The van der Waals surface area contributed by atoms with Crippen molar-refractivity contribution in [3.63, 3.8) is 0 Å². The lowest BCUT2D eigenvalue weighted by Gasteiger charge is -2.26. The average molecular weight is 855 g/mol. The van der Waals surface area contributed by atoms with Gasteiger partial charge in [0.25, 0.3) is 0 Å². The fraction of sp³-hybridized carbons (Fsp3) is 0. The van der Waals surface area contributed by atoms with Gasteiger partial charge in [-0.3, -0.25) is 0 Å². The number of aromatic nitrogens is 1. The Labute approximate surface area is 388 Å². The van der Waals surface area contributed by atoms with E-state index in [0.29, 0.717) is 0 Å². The molecule has 0 fully saturated rings. The summed E-state index contributed by atoms with van der Waals surface area (Å²) >= 11 is 0. The summed E-state index contributed by atoms with van der Waals surface area (Å²) in [4.78, 5) is 2.37. The van der Waals surface area contributed by atoms with Gasteiger partial charge < -0.3 is 13.9 Å². The van der Waals surface area contributed by atoms with E-state index in [-0.39, 0.29) is 0 Å². The van der Waals surface area contributed by atoms with Crippen LogP contribution in [0, 0.1) is 0 Å². The summed E-state index contributed by atoms with van der Waals surface area (Å²) in [5, 5.41) is 7.26. The summed E-state index contributed by atoms with van der Waals surface area (Å²) in [6, 6.07) is 91.9. The first-order valence-corrected chi connectivity index (χ1v) is 22.9. The number of furan rings is 1. The number of hydrogen-bond donors (Lipinski definition) is 0. The zero-order valence-electron chi connectivity index (χ0n) is 36.6. The van der Waals surface area contributed by atoms with Crippen LogP contribution >= 0.6 is 0 Å². The monoisotopic (exact) mass is 854 g/mol. The predicted octanol–water partition coefficient (Wildman–Crippen LogP) is 18.0. The molecule has 13 rings (SSSR count). The van der Waals surface area contributed by atoms with Gasteiger partial charge in [-0.25, -0.2) is 0 Å². The lowest BCUT2D eigenvalue weighted by Crippen LogP contribution is -2.10. The maximum atomic E-state index is 6.33. The second-order valence-corrected chi connectivity index (χ2v) is 17.2. The fourth-order valence-electron chi connectivity index (χ4n) is 10.3. The second kappa shape index (κ2) is 16.0. The zero-order valence-corrected chi connectivity index (χ0v) is 36.6. The van der Waals surface area contributed by atoms with E-state index in [1.54, 1.807) is 0 Å². The van der Waals surface area contributed by atoms with Gasteiger partial charge in [0.1, 0.15) is 11.2 Å². The van der Waals surface area contributed by atoms with Crippen molar-refractivity contribution in [2.24, 2.45) is 0 Å². The Bertz CT molecular complexity index is 3900. The first-order valence-electron chi connectivity index (χ1n) is 22.9. The lowest BCUT2D eigenvalue weighted by molar-refractivity contribution is 0.669. The molecule has 0 aliphatic heterocycles. The molecule has 0 aliphatic carbocycles. The van der Waals surface area contributed by atoms with Crippen LogP contribution in [0.15, 0.2) is 259 Å². The Balaban J connectivity index is 0.904. The summed E-state index contributed by atoms with van der Waals surface area (Å²) in [7, 11) is 0. The minimum absolute atomic E-state index is 0.888. The standard InChI is InChI=1S/C64H42N2O/c1-2-14-45(15-3-1)53-23-11-16-47-17-12-24-54(63(47)53)46-34-40-50(41-35-46)65(52-19-10-18-48(42-52)55-25-13-29-62-64(55)58-22-6-9-28-61(58)67-62)49-36-30-43(31-37-49)44-32-38-51(39-33-44)66-59-26-7-4-20-56(59)57-21-5-8-27-60(57)66/h1-42H. The molecule has 0 spiro atoms. The van der Waals surface area contributed by atoms with Crippen molar-refractivity contribution in [3.8, 4) is 50.2 Å². The van der Waals surface area contributed by atoms with E-state index in [4.69, 9.17) is 4.42 Å². The number of para-hydroxylation sites is 3. The van der Waals surface area contributed by atoms with Crippen LogP contribution < -0.4 is 4.90 Å². The van der Waals surface area contributed by atoms with Crippen molar-refractivity contribution in [2.45, 2.75) is 0 Å². The second-order valence-electron chi connectivity index (χ2n) is 17.2. The molecule has 314 valence electrons. The van der Waals surface area contributed by atoms with E-state index in [0.717, 1.165) is 61.4 Å². The Hall–Kier alpha value is -8.92. The summed E-state index contributed by atoms with van der Waals surface area (Å²) in [5.74, 6) is 0. The van der Waals surface area contributed by atoms with Gasteiger partial charge in [0.05, 0.1) is 11.0 Å². The van der Waals surface area contributed by atoms with Gasteiger partial charge in [0, 0.05) is 44.3 Å². The molecule has 2 aromatic heterocycles. The number of nitrogens with zero attached hydrogens (tertiary/aromatic N) is 2. The van der Waals surface area contributed by atoms with E-state index >= 15 is 0 Å². The van der Waals surface area contributed by atoms with Crippen LogP contribution in [0.2, 0.25) is 0 Å². The maximum Gasteiger partial charge on any atom is 0.136 e. The molecule has 0 N–H and O–H groups in total. The van der Waals surface area contributed by atoms with Crippen LogP contribution in [-0.2, 0) is 0 Å². The fourth-order valence-corrected chi connectivity index (χ4v) is 10.3. The Kier molecular flexibility index (Phi) is 9.17. The third kappa shape index (κ3) is 6.59. The molecule has 67 heavy (non-hydrogen) atoms. The van der Waals surface area contributed by atoms with Gasteiger partial charge in [-0.2, -0.15) is 0 Å². The van der Waals surface area contributed by atoms with E-state index < -0.39 is 0 Å². The van der Waals surface area contributed by atoms with Crippen LogP contribution in [0.25, 0.3) is 105 Å². The van der Waals surface area contributed by atoms with Crippen molar-refractivity contribution in [2.75, 3.05) is 4.90 Å². The number of hydrogen-bond acceptors (Lipinski definition) is 2. The highest BCUT2D eigenvalue weighted by Gasteiger charge is 2.18. The van der Waals surface area contributed by atoms with Crippen LogP contribution in [-0.4, -0.2) is 4.57 Å². The molecule has 11 aromatic carbocycles. The van der Waals surface area contributed by atoms with Gasteiger partial charge in [-0.15, -0.1) is 0 Å². The largest absolute Gasteiger partial charge is 0.456 e. The third-order valence-corrected chi connectivity index (χ3v) is 13.4. The van der Waals surface area contributed by atoms with E-state index in [9.17, 15) is 0 Å². The van der Waals surface area contributed by atoms with Crippen molar-refractivity contribution in [1.82, 2.24) is 4.57 Å². The Morgan fingerprint density at radius 2 is 0.776 bits per heavy atom. The SMILES string of the molecule is c1ccc(-c2cccc3cccc(-c4ccc(N(c5ccc(-c6ccc(-n7c8ccccc8c8ccccc87)cc6)cc5)c5cccc(-c6cccc7oc8ccccc8c67)c5)cc4)c23)cc1. The number of fused-ring (bicyclic) bond motifs is 7. The predicted molar refractivity (Wildman–Crippen MR) is 282 cm³/mol. The smallest absolute Gasteiger partial charge is 0.136 e. The third-order valence-electron chi connectivity index (χ3n) is 13.4. The molecule has 3 heteroatoms. The van der Waals surface area contributed by atoms with Crippen LogP contribution in [0.3, 0.4) is 0 Å². The van der Waals surface area contributed by atoms with Gasteiger partial charge >= 0.3 is 0 Å². The topological polar surface area (TPSA) is 21.3 Å². The zero-order chi connectivity index (χ0) is 44.3. The highest BCUT2D eigenvalue weighted by molar-refractivity contribution is 6.13. The van der Waals surface area contributed by atoms with E-state index in [1.807, 2.05) is 12.1 Å². The molecule has 0 unspecified atom stereocenters. The van der Waals surface area contributed by atoms with Crippen molar-refractivity contribution in [3.05, 3.63) is 255 Å². The lowest BCUT2D eigenvalue weighted by atomic mass is 9.91. The summed E-state index contributed by atoms with van der Waals surface area (Å²) in [5.41, 5.74) is 18.0. The number of anilines is 3. The summed E-state index contributed by atoms with van der Waals surface area (Å²) in [6.45, 7) is 0. The highest BCUT2D eigenvalue weighted by atomic mass is 16.3. The van der Waals surface area contributed by atoms with Crippen LogP contribution in [0.4, 0.5) is 17.1 Å². The molecular formula is C64H42N2O. The molecular weight excluding hydrogens is 813 g/mol. The van der Waals surface area contributed by atoms with Gasteiger partial charge in [0.15, 0.2) is 0 Å². The van der Waals surface area contributed by atoms with Gasteiger partial charge in [-0.05, 0) is 128 Å². The van der Waals surface area contributed by atoms with Crippen molar-refractivity contribution >= 4 is 71.6 Å². The van der Waals surface area contributed by atoms with Gasteiger partial charge in [0.2, 0.25) is 0 Å². The van der Waals surface area contributed by atoms with Crippen LogP contribution in [0.1, 0.15) is 0 Å². The molecule has 0 aliphatic rings. The maximum absolute atomic E-state index is 6.33. The molecule has 13 aromatic rings. The van der Waals surface area contributed by atoms with Gasteiger partial charge in [-0.1, -0.05) is 182 Å². The molecule has 0 amide bonds. The summed E-state index contributed by atoms with van der Waals surface area (Å²) < 4.78 is 8.70. The van der Waals surface area contributed by atoms with Crippen molar-refractivity contribution < 1.29 is 4.42 Å². The molecule has 3 nitrogen and oxygen atoms in total. The Morgan fingerprint density at radius 3 is 1.43 bits per heavy atom. The average Bonchev–Trinajstić information content (AvgIpc) is 3.95. The molecule has 2 heterocycles.